The molecule has 0 saturated heterocycles. The Balaban J connectivity index is 2.21. The Morgan fingerprint density at radius 2 is 1.25 bits per heavy atom. The number of aromatic hydroxyl groups is 1. The van der Waals surface area contributed by atoms with Gasteiger partial charge in [-0.2, -0.15) is 0 Å². The fourth-order valence-electron chi connectivity index (χ4n) is 3.62. The summed E-state index contributed by atoms with van der Waals surface area (Å²) in [7, 11) is 0. The highest BCUT2D eigenvalue weighted by Crippen LogP contribution is 2.46. The molecular weight excluding hydrogens is 348 g/mol. The molecule has 0 aliphatic carbocycles. The minimum atomic E-state index is -0.526. The third-order valence-corrected chi connectivity index (χ3v) is 4.79. The van der Waals surface area contributed by atoms with Crippen molar-refractivity contribution in [3.63, 3.8) is 0 Å². The molecule has 0 spiro atoms. The van der Waals surface area contributed by atoms with Gasteiger partial charge >= 0.3 is 5.97 Å². The van der Waals surface area contributed by atoms with Crippen molar-refractivity contribution in [2.75, 3.05) is 6.61 Å². The smallest absolute Gasteiger partial charge is 0.342 e. The van der Waals surface area contributed by atoms with Gasteiger partial charge in [0.1, 0.15) is 11.3 Å². The van der Waals surface area contributed by atoms with Gasteiger partial charge in [-0.05, 0) is 29.0 Å². The second-order valence-electron chi connectivity index (χ2n) is 6.47. The number of phenols is 1. The average molecular weight is 368 g/mol. The number of carbonyl (C=O) groups excluding carboxylic acids is 1. The SMILES string of the molecule is CCOC(=O)c1c(-c2ccccc2)c(-c2ccccc2)c2ccccc2c1O. The lowest BCUT2D eigenvalue weighted by Gasteiger charge is -2.20. The van der Waals surface area contributed by atoms with Crippen LogP contribution in [0.1, 0.15) is 17.3 Å². The minimum absolute atomic E-state index is 0.0485. The monoisotopic (exact) mass is 368 g/mol. The molecule has 0 bridgehead atoms. The normalized spacial score (nSPS) is 10.8. The molecule has 3 heteroatoms. The predicted molar refractivity (Wildman–Crippen MR) is 112 cm³/mol. The van der Waals surface area contributed by atoms with Crippen LogP contribution in [0, 0.1) is 0 Å². The molecule has 0 aromatic heterocycles. The summed E-state index contributed by atoms with van der Waals surface area (Å²) < 4.78 is 5.31. The molecule has 28 heavy (non-hydrogen) atoms. The lowest BCUT2D eigenvalue weighted by atomic mass is 9.85. The summed E-state index contributed by atoms with van der Waals surface area (Å²) in [6.07, 6.45) is 0. The third kappa shape index (κ3) is 3.01. The number of benzene rings is 4. The van der Waals surface area contributed by atoms with Gasteiger partial charge in [-0.1, -0.05) is 84.9 Å². The number of fused-ring (bicyclic) bond motifs is 1. The molecule has 0 unspecified atom stereocenters. The lowest BCUT2D eigenvalue weighted by molar-refractivity contribution is 0.0524. The van der Waals surface area contributed by atoms with Gasteiger partial charge in [0.25, 0.3) is 0 Å². The maximum absolute atomic E-state index is 12.9. The molecule has 1 N–H and O–H groups in total. The fourth-order valence-corrected chi connectivity index (χ4v) is 3.62. The number of carbonyl (C=O) groups is 1. The van der Waals surface area contributed by atoms with Gasteiger partial charge in [-0.3, -0.25) is 0 Å². The summed E-state index contributed by atoms with van der Waals surface area (Å²) in [5.41, 5.74) is 3.61. The Labute approximate surface area is 163 Å². The number of esters is 1. The van der Waals surface area contributed by atoms with Crippen molar-refractivity contribution in [1.82, 2.24) is 0 Å². The van der Waals surface area contributed by atoms with E-state index >= 15 is 0 Å². The first kappa shape index (κ1) is 17.8. The summed E-state index contributed by atoms with van der Waals surface area (Å²) in [6.45, 7) is 2.00. The van der Waals surface area contributed by atoms with E-state index in [-0.39, 0.29) is 17.9 Å². The van der Waals surface area contributed by atoms with Crippen LogP contribution in [0.15, 0.2) is 84.9 Å². The molecule has 0 aliphatic rings. The van der Waals surface area contributed by atoms with E-state index in [1.165, 1.54) is 0 Å². The standard InChI is InChI=1S/C25H20O3/c1-2-28-25(27)23-22(18-13-7-4-8-14-18)21(17-11-5-3-6-12-17)19-15-9-10-16-20(19)24(23)26/h3-16,26H,2H2,1H3. The van der Waals surface area contributed by atoms with Crippen molar-refractivity contribution < 1.29 is 14.6 Å². The van der Waals surface area contributed by atoms with Gasteiger partial charge in [0, 0.05) is 10.9 Å². The first-order chi connectivity index (χ1) is 13.7. The first-order valence-electron chi connectivity index (χ1n) is 9.28. The Morgan fingerprint density at radius 1 is 0.750 bits per heavy atom. The molecule has 0 amide bonds. The second kappa shape index (κ2) is 7.57. The predicted octanol–water partition coefficient (Wildman–Crippen LogP) is 6.06. The van der Waals surface area contributed by atoms with E-state index in [9.17, 15) is 9.90 Å². The highest BCUT2D eigenvalue weighted by Gasteiger charge is 2.26. The van der Waals surface area contributed by atoms with E-state index in [4.69, 9.17) is 4.74 Å². The number of ether oxygens (including phenoxy) is 1. The molecule has 0 saturated carbocycles. The maximum Gasteiger partial charge on any atom is 0.342 e. The lowest BCUT2D eigenvalue weighted by Crippen LogP contribution is -2.08. The molecule has 3 nitrogen and oxygen atoms in total. The number of hydrogen-bond donors (Lipinski definition) is 1. The van der Waals surface area contributed by atoms with E-state index in [0.29, 0.717) is 10.9 Å². The number of hydrogen-bond acceptors (Lipinski definition) is 3. The van der Waals surface area contributed by atoms with Crippen LogP contribution in [-0.2, 0) is 4.74 Å². The zero-order valence-electron chi connectivity index (χ0n) is 15.6. The summed E-state index contributed by atoms with van der Waals surface area (Å²) in [5.74, 6) is -0.575. The highest BCUT2D eigenvalue weighted by atomic mass is 16.5. The number of phenolic OH excluding ortho intramolecular Hbond substituents is 1. The van der Waals surface area contributed by atoms with Crippen molar-refractivity contribution >= 4 is 16.7 Å². The fraction of sp³-hybridized carbons (Fsp3) is 0.0800. The molecule has 138 valence electrons. The molecule has 0 aliphatic heterocycles. The third-order valence-electron chi connectivity index (χ3n) is 4.79. The van der Waals surface area contributed by atoms with Crippen molar-refractivity contribution in [1.29, 1.82) is 0 Å². The second-order valence-corrected chi connectivity index (χ2v) is 6.47. The van der Waals surface area contributed by atoms with E-state index in [2.05, 4.69) is 0 Å². The van der Waals surface area contributed by atoms with E-state index in [1.54, 1.807) is 6.92 Å². The molecular formula is C25H20O3. The average Bonchev–Trinajstić information content (AvgIpc) is 2.75. The van der Waals surface area contributed by atoms with Crippen molar-refractivity contribution in [3.8, 4) is 28.0 Å². The molecule has 0 heterocycles. The van der Waals surface area contributed by atoms with Gasteiger partial charge in [0.15, 0.2) is 0 Å². The minimum Gasteiger partial charge on any atom is -0.506 e. The van der Waals surface area contributed by atoms with Crippen molar-refractivity contribution in [3.05, 3.63) is 90.5 Å². The van der Waals surface area contributed by atoms with Crippen LogP contribution in [-0.4, -0.2) is 17.7 Å². The van der Waals surface area contributed by atoms with Crippen molar-refractivity contribution in [2.24, 2.45) is 0 Å². The van der Waals surface area contributed by atoms with E-state index in [1.807, 2.05) is 84.9 Å². The Hall–Kier alpha value is -3.59. The van der Waals surface area contributed by atoms with Gasteiger partial charge in [-0.15, -0.1) is 0 Å². The number of rotatable bonds is 4. The van der Waals surface area contributed by atoms with Crippen LogP contribution >= 0.6 is 0 Å². The zero-order chi connectivity index (χ0) is 19.5. The Morgan fingerprint density at radius 3 is 1.82 bits per heavy atom. The first-order valence-corrected chi connectivity index (χ1v) is 9.28. The van der Waals surface area contributed by atoms with Gasteiger partial charge in [0.05, 0.1) is 6.61 Å². The molecule has 4 aromatic carbocycles. The van der Waals surface area contributed by atoms with Gasteiger partial charge < -0.3 is 9.84 Å². The highest BCUT2D eigenvalue weighted by molar-refractivity contribution is 6.15. The van der Waals surface area contributed by atoms with E-state index in [0.717, 1.165) is 22.1 Å². The topological polar surface area (TPSA) is 46.5 Å². The molecule has 4 rings (SSSR count). The summed E-state index contributed by atoms with van der Waals surface area (Å²) >= 11 is 0. The zero-order valence-corrected chi connectivity index (χ0v) is 15.6. The Bertz CT molecular complexity index is 1130. The summed E-state index contributed by atoms with van der Waals surface area (Å²) in [4.78, 5) is 12.9. The van der Waals surface area contributed by atoms with Crippen LogP contribution in [0.4, 0.5) is 0 Å². The van der Waals surface area contributed by atoms with Crippen LogP contribution in [0.25, 0.3) is 33.0 Å². The summed E-state index contributed by atoms with van der Waals surface area (Å²) in [5, 5.41) is 12.6. The van der Waals surface area contributed by atoms with E-state index < -0.39 is 5.97 Å². The molecule has 0 fully saturated rings. The molecule has 0 radical (unpaired) electrons. The Kier molecular flexibility index (Phi) is 4.81. The van der Waals surface area contributed by atoms with Crippen LogP contribution in [0.5, 0.6) is 5.75 Å². The van der Waals surface area contributed by atoms with Gasteiger partial charge in [-0.25, -0.2) is 4.79 Å². The summed E-state index contributed by atoms with van der Waals surface area (Å²) in [6, 6.07) is 27.2. The van der Waals surface area contributed by atoms with Crippen LogP contribution < -0.4 is 0 Å². The quantitative estimate of drug-likeness (QED) is 0.446. The van der Waals surface area contributed by atoms with Crippen LogP contribution in [0.3, 0.4) is 0 Å². The largest absolute Gasteiger partial charge is 0.506 e. The van der Waals surface area contributed by atoms with Crippen LogP contribution in [0.2, 0.25) is 0 Å². The molecule has 4 aromatic rings. The maximum atomic E-state index is 12.9. The molecule has 0 atom stereocenters. The van der Waals surface area contributed by atoms with Gasteiger partial charge in [0.2, 0.25) is 0 Å². The van der Waals surface area contributed by atoms with Crippen molar-refractivity contribution in [2.45, 2.75) is 6.92 Å².